The number of halogens is 1. The molecule has 0 aliphatic carbocycles. The highest BCUT2D eigenvalue weighted by Crippen LogP contribution is 2.15. The first kappa shape index (κ1) is 20.0. The number of hydrogen-bond donors (Lipinski definition) is 1. The van der Waals surface area contributed by atoms with E-state index in [-0.39, 0.29) is 12.0 Å². The Kier molecular flexibility index (Phi) is 8.63. The monoisotopic (exact) mass is 363 g/mol. The highest BCUT2D eigenvalue weighted by Gasteiger charge is 2.21. The summed E-state index contributed by atoms with van der Waals surface area (Å²) < 4.78 is 10.2. The second-order valence-electron chi connectivity index (χ2n) is 6.12. The Morgan fingerprint density at radius 2 is 1.86 bits per heavy atom. The molecule has 0 aromatic carbocycles. The first-order chi connectivity index (χ1) is 9.56. The molecule has 0 rings (SSSR count). The zero-order valence-corrected chi connectivity index (χ0v) is 15.2. The number of amides is 1. The number of methoxy groups -OCH3 is 1. The molecule has 0 aliphatic heterocycles. The molecule has 1 atom stereocenters. The number of carbonyl (C=O) groups excluding carboxylic acids is 2. The molecule has 0 spiro atoms. The topological polar surface area (TPSA) is 64.6 Å². The van der Waals surface area contributed by atoms with Crippen LogP contribution in [-0.2, 0) is 14.3 Å². The number of allylic oxidation sites excluding steroid dienone is 1. The van der Waals surface area contributed by atoms with E-state index in [0.29, 0.717) is 17.3 Å². The van der Waals surface area contributed by atoms with Crippen LogP contribution in [-0.4, -0.2) is 30.8 Å². The molecule has 0 unspecified atom stereocenters. The molecule has 0 aromatic rings. The molecule has 5 nitrogen and oxygen atoms in total. The molecule has 0 bridgehead atoms. The lowest BCUT2D eigenvalue weighted by atomic mass is 9.99. The Morgan fingerprint density at radius 1 is 1.29 bits per heavy atom. The van der Waals surface area contributed by atoms with Crippen LogP contribution in [0.2, 0.25) is 0 Å². The lowest BCUT2D eigenvalue weighted by Gasteiger charge is -2.25. The van der Waals surface area contributed by atoms with E-state index in [1.165, 1.54) is 7.11 Å². The molecule has 0 fully saturated rings. The molecular weight excluding hydrogens is 338 g/mol. The summed E-state index contributed by atoms with van der Waals surface area (Å²) in [5.74, 6) is -0.140. The molecule has 0 aromatic heterocycles. The lowest BCUT2D eigenvalue weighted by Crippen LogP contribution is -2.41. The highest BCUT2D eigenvalue weighted by molar-refractivity contribution is 9.12. The zero-order chi connectivity index (χ0) is 16.6. The minimum Gasteiger partial charge on any atom is -0.465 e. The van der Waals surface area contributed by atoms with Crippen molar-refractivity contribution in [3.63, 3.8) is 0 Å². The van der Waals surface area contributed by atoms with Crippen LogP contribution in [0.25, 0.3) is 0 Å². The Bertz CT molecular complexity index is 386. The summed E-state index contributed by atoms with van der Waals surface area (Å²) in [5, 5.41) is 2.87. The van der Waals surface area contributed by atoms with Gasteiger partial charge in [0.25, 0.3) is 0 Å². The van der Waals surface area contributed by atoms with Crippen LogP contribution in [0.5, 0.6) is 0 Å². The Morgan fingerprint density at radius 3 is 2.29 bits per heavy atom. The van der Waals surface area contributed by atoms with E-state index in [4.69, 9.17) is 4.74 Å². The van der Waals surface area contributed by atoms with E-state index < -0.39 is 17.7 Å². The minimum atomic E-state index is -0.514. The number of carbonyl (C=O) groups is 2. The number of ether oxygens (including phenoxy) is 2. The fourth-order valence-electron chi connectivity index (χ4n) is 1.60. The van der Waals surface area contributed by atoms with Crippen LogP contribution < -0.4 is 5.32 Å². The molecule has 0 radical (unpaired) electrons. The predicted octanol–water partition coefficient (Wildman–Crippen LogP) is 3.77. The van der Waals surface area contributed by atoms with Gasteiger partial charge in [-0.15, -0.1) is 0 Å². The van der Waals surface area contributed by atoms with E-state index in [2.05, 4.69) is 26.0 Å². The van der Waals surface area contributed by atoms with Crippen molar-refractivity contribution in [1.82, 2.24) is 5.32 Å². The van der Waals surface area contributed by atoms with Gasteiger partial charge in [0.15, 0.2) is 0 Å². The average Bonchev–Trinajstić information content (AvgIpc) is 2.33. The van der Waals surface area contributed by atoms with Crippen molar-refractivity contribution >= 4 is 28.0 Å². The molecule has 0 saturated heterocycles. The Balaban J connectivity index is 4.45. The van der Waals surface area contributed by atoms with Gasteiger partial charge in [-0.1, -0.05) is 19.9 Å². The number of nitrogens with one attached hydrogen (secondary N) is 1. The third-order valence-corrected chi connectivity index (χ3v) is 3.34. The van der Waals surface area contributed by atoms with Crippen molar-refractivity contribution in [2.24, 2.45) is 5.92 Å². The van der Waals surface area contributed by atoms with E-state index in [0.717, 1.165) is 0 Å². The number of alkyl carbamates (subject to hydrolysis) is 1. The molecule has 21 heavy (non-hydrogen) atoms. The maximum Gasteiger partial charge on any atom is 0.407 e. The van der Waals surface area contributed by atoms with Crippen LogP contribution >= 0.6 is 15.9 Å². The van der Waals surface area contributed by atoms with Gasteiger partial charge in [0.2, 0.25) is 0 Å². The third kappa shape index (κ3) is 9.50. The van der Waals surface area contributed by atoms with E-state index >= 15 is 0 Å². The molecular formula is C15H26BrNO4. The zero-order valence-electron chi connectivity index (χ0n) is 13.7. The van der Waals surface area contributed by atoms with E-state index in [9.17, 15) is 9.59 Å². The van der Waals surface area contributed by atoms with Gasteiger partial charge in [0.1, 0.15) is 5.60 Å². The summed E-state index contributed by atoms with van der Waals surface area (Å²) in [6.45, 7) is 9.54. The lowest BCUT2D eigenvalue weighted by molar-refractivity contribution is -0.135. The van der Waals surface area contributed by atoms with Crippen LogP contribution in [0.1, 0.15) is 47.5 Å². The molecule has 0 heterocycles. The smallest absolute Gasteiger partial charge is 0.407 e. The molecule has 1 amide bonds. The van der Waals surface area contributed by atoms with Crippen LogP contribution in [0, 0.1) is 5.92 Å². The normalized spacial score (nSPS) is 13.8. The van der Waals surface area contributed by atoms with Crippen molar-refractivity contribution in [1.29, 1.82) is 0 Å². The average molecular weight is 364 g/mol. The molecule has 122 valence electrons. The van der Waals surface area contributed by atoms with Gasteiger partial charge in [0.05, 0.1) is 11.6 Å². The van der Waals surface area contributed by atoms with Gasteiger partial charge < -0.3 is 14.8 Å². The van der Waals surface area contributed by atoms with Crippen LogP contribution in [0.3, 0.4) is 0 Å². The van der Waals surface area contributed by atoms with E-state index in [1.807, 2.05) is 34.6 Å². The SMILES string of the molecule is COC(=O)/C(Br)=C/CC[C@@H](NC(=O)OC(C)(C)C)C(C)C. The van der Waals surface area contributed by atoms with Crippen molar-refractivity contribution in [2.45, 2.75) is 59.1 Å². The van der Waals surface area contributed by atoms with Gasteiger partial charge in [-0.25, -0.2) is 9.59 Å². The van der Waals surface area contributed by atoms with E-state index in [1.54, 1.807) is 6.08 Å². The summed E-state index contributed by atoms with van der Waals surface area (Å²) in [6.07, 6.45) is 2.69. The molecule has 1 N–H and O–H groups in total. The first-order valence-electron chi connectivity index (χ1n) is 7.00. The molecule has 6 heteroatoms. The Labute approximate surface area is 135 Å². The van der Waals surface area contributed by atoms with Crippen molar-refractivity contribution in [2.75, 3.05) is 7.11 Å². The van der Waals surface area contributed by atoms with Gasteiger partial charge >= 0.3 is 12.1 Å². The fraction of sp³-hybridized carbons (Fsp3) is 0.733. The summed E-state index contributed by atoms with van der Waals surface area (Å²) in [5.41, 5.74) is -0.514. The second kappa shape index (κ2) is 9.07. The number of esters is 1. The second-order valence-corrected chi connectivity index (χ2v) is 6.97. The highest BCUT2D eigenvalue weighted by atomic mass is 79.9. The van der Waals surface area contributed by atoms with Gasteiger partial charge in [-0.2, -0.15) is 0 Å². The summed E-state index contributed by atoms with van der Waals surface area (Å²) in [6, 6.07) is -0.0194. The van der Waals surface area contributed by atoms with Gasteiger partial charge in [0, 0.05) is 6.04 Å². The molecule has 0 aliphatic rings. The van der Waals surface area contributed by atoms with Gasteiger partial charge in [-0.3, -0.25) is 0 Å². The maximum absolute atomic E-state index is 11.8. The third-order valence-electron chi connectivity index (χ3n) is 2.69. The summed E-state index contributed by atoms with van der Waals surface area (Å²) >= 11 is 3.16. The van der Waals surface area contributed by atoms with Crippen molar-refractivity contribution < 1.29 is 19.1 Å². The molecule has 0 saturated carbocycles. The summed E-state index contributed by atoms with van der Waals surface area (Å²) in [7, 11) is 1.33. The van der Waals surface area contributed by atoms with Crippen molar-refractivity contribution in [3.05, 3.63) is 10.6 Å². The minimum absolute atomic E-state index is 0.0194. The maximum atomic E-state index is 11.8. The van der Waals surface area contributed by atoms with Crippen molar-refractivity contribution in [3.8, 4) is 0 Å². The largest absolute Gasteiger partial charge is 0.465 e. The quantitative estimate of drug-likeness (QED) is 0.576. The first-order valence-corrected chi connectivity index (χ1v) is 7.79. The Hall–Kier alpha value is -1.04. The summed E-state index contributed by atoms with van der Waals surface area (Å²) in [4.78, 5) is 23.0. The predicted molar refractivity (Wildman–Crippen MR) is 86.3 cm³/mol. The van der Waals surface area contributed by atoms with Crippen LogP contribution in [0.15, 0.2) is 10.6 Å². The fourth-order valence-corrected chi connectivity index (χ4v) is 1.99. The number of rotatable bonds is 6. The standard InChI is InChI=1S/C15H26BrNO4/c1-10(2)12(17-14(19)21-15(3,4)5)9-7-8-11(16)13(18)20-6/h8,10,12H,7,9H2,1-6H3,(H,17,19)/b11-8-/t12-/m1/s1. The number of hydrogen-bond acceptors (Lipinski definition) is 4. The van der Waals surface area contributed by atoms with Gasteiger partial charge in [-0.05, 0) is 55.5 Å². The van der Waals surface area contributed by atoms with Crippen LogP contribution in [0.4, 0.5) is 4.79 Å².